The van der Waals surface area contributed by atoms with Gasteiger partial charge in [0.05, 0.1) is 16.9 Å². The van der Waals surface area contributed by atoms with Crippen LogP contribution in [-0.2, 0) is 13.1 Å². The molecule has 0 aliphatic carbocycles. The molecule has 0 saturated heterocycles. The second-order valence-electron chi connectivity index (χ2n) is 7.73. The Hall–Kier alpha value is -3.91. The van der Waals surface area contributed by atoms with E-state index in [9.17, 15) is 5.11 Å². The van der Waals surface area contributed by atoms with Crippen LogP contribution in [0.15, 0.2) is 85.3 Å². The fourth-order valence-corrected chi connectivity index (χ4v) is 3.87. The number of pyridine rings is 2. The lowest BCUT2D eigenvalue weighted by Gasteiger charge is -2.15. The number of benzene rings is 2. The number of nitrogens with zero attached hydrogens (tertiary/aromatic N) is 3. The van der Waals surface area contributed by atoms with Crippen LogP contribution in [0.2, 0.25) is 0 Å². The highest BCUT2D eigenvalue weighted by atomic mass is 16.3. The summed E-state index contributed by atoms with van der Waals surface area (Å²) < 4.78 is 0. The van der Waals surface area contributed by atoms with Crippen molar-refractivity contribution >= 4 is 10.9 Å². The van der Waals surface area contributed by atoms with Crippen LogP contribution in [0, 0.1) is 0 Å². The zero-order valence-electron chi connectivity index (χ0n) is 17.9. The van der Waals surface area contributed by atoms with Gasteiger partial charge in [-0.2, -0.15) is 0 Å². The molecule has 164 valence electrons. The molecule has 33 heavy (non-hydrogen) atoms. The molecule has 3 heterocycles. The SMILES string of the molecule is NCc1ccc(-c2nc3ccnc(CNC(O)c4ncc[nH]4)c3cc2-c2ccccc2)cc1. The molecule has 1 atom stereocenters. The third kappa shape index (κ3) is 4.38. The van der Waals surface area contributed by atoms with Crippen molar-refractivity contribution in [3.63, 3.8) is 0 Å². The van der Waals surface area contributed by atoms with Crippen LogP contribution in [0.5, 0.6) is 0 Å². The molecule has 0 amide bonds. The van der Waals surface area contributed by atoms with Gasteiger partial charge in [0.2, 0.25) is 0 Å². The highest BCUT2D eigenvalue weighted by Gasteiger charge is 2.15. The van der Waals surface area contributed by atoms with Gasteiger partial charge in [-0.15, -0.1) is 0 Å². The number of aromatic nitrogens is 4. The molecular weight excluding hydrogens is 412 g/mol. The van der Waals surface area contributed by atoms with Gasteiger partial charge in [0.25, 0.3) is 0 Å². The smallest absolute Gasteiger partial charge is 0.164 e. The van der Waals surface area contributed by atoms with Crippen LogP contribution in [-0.4, -0.2) is 25.0 Å². The van der Waals surface area contributed by atoms with E-state index in [4.69, 9.17) is 10.7 Å². The molecule has 0 fully saturated rings. The number of aliphatic hydroxyl groups excluding tert-OH is 1. The zero-order valence-corrected chi connectivity index (χ0v) is 17.9. The molecule has 0 aliphatic rings. The summed E-state index contributed by atoms with van der Waals surface area (Å²) in [5.41, 5.74) is 12.5. The first-order chi connectivity index (χ1) is 16.2. The minimum atomic E-state index is -0.918. The molecule has 0 aliphatic heterocycles. The third-order valence-corrected chi connectivity index (χ3v) is 5.61. The van der Waals surface area contributed by atoms with Gasteiger partial charge < -0.3 is 15.8 Å². The average molecular weight is 437 g/mol. The van der Waals surface area contributed by atoms with Crippen LogP contribution < -0.4 is 11.1 Å². The van der Waals surface area contributed by atoms with Crippen LogP contribution in [0.4, 0.5) is 0 Å². The Bertz CT molecular complexity index is 1350. The highest BCUT2D eigenvalue weighted by Crippen LogP contribution is 2.34. The quantitative estimate of drug-likeness (QED) is 0.288. The van der Waals surface area contributed by atoms with Crippen LogP contribution in [0.25, 0.3) is 33.3 Å². The Morgan fingerprint density at radius 1 is 0.939 bits per heavy atom. The van der Waals surface area contributed by atoms with Gasteiger partial charge in [-0.05, 0) is 23.3 Å². The molecule has 3 aromatic heterocycles. The summed E-state index contributed by atoms with van der Waals surface area (Å²) in [5.74, 6) is 0.460. The maximum Gasteiger partial charge on any atom is 0.164 e. The summed E-state index contributed by atoms with van der Waals surface area (Å²) in [4.78, 5) is 16.6. The van der Waals surface area contributed by atoms with E-state index < -0.39 is 6.23 Å². The second kappa shape index (κ2) is 9.30. The van der Waals surface area contributed by atoms with Gasteiger partial charge in [0.15, 0.2) is 6.23 Å². The van der Waals surface area contributed by atoms with E-state index in [1.165, 1.54) is 0 Å². The molecule has 0 radical (unpaired) electrons. The Morgan fingerprint density at radius 2 is 1.76 bits per heavy atom. The molecular formula is C26H24N6O. The van der Waals surface area contributed by atoms with E-state index in [0.29, 0.717) is 18.9 Å². The Labute approximate surface area is 191 Å². The Balaban J connectivity index is 1.59. The van der Waals surface area contributed by atoms with E-state index in [1.807, 2.05) is 36.4 Å². The molecule has 1 unspecified atom stereocenters. The first-order valence-corrected chi connectivity index (χ1v) is 10.8. The fourth-order valence-electron chi connectivity index (χ4n) is 3.87. The molecule has 7 heteroatoms. The first-order valence-electron chi connectivity index (χ1n) is 10.8. The lowest BCUT2D eigenvalue weighted by Crippen LogP contribution is -2.22. The molecule has 7 nitrogen and oxygen atoms in total. The predicted octanol–water partition coefficient (Wildman–Crippen LogP) is 3.93. The van der Waals surface area contributed by atoms with E-state index in [2.05, 4.69) is 50.6 Å². The fraction of sp³-hybridized carbons (Fsp3) is 0.115. The van der Waals surface area contributed by atoms with E-state index in [0.717, 1.165) is 44.5 Å². The standard InChI is InChI=1S/C26H24N6O/c27-15-17-6-8-19(9-7-17)24-20(18-4-2-1-3-5-18)14-21-22(32-24)10-11-28-23(21)16-31-26(33)25-29-12-13-30-25/h1-14,26,31,33H,15-16,27H2,(H,29,30). The van der Waals surface area contributed by atoms with Crippen molar-refractivity contribution in [3.8, 4) is 22.4 Å². The van der Waals surface area contributed by atoms with E-state index >= 15 is 0 Å². The number of nitrogens with two attached hydrogens (primary N) is 1. The number of hydrogen-bond donors (Lipinski definition) is 4. The number of nitrogens with one attached hydrogen (secondary N) is 2. The summed E-state index contributed by atoms with van der Waals surface area (Å²) in [6.07, 6.45) is 4.11. The van der Waals surface area contributed by atoms with Crippen molar-refractivity contribution < 1.29 is 5.11 Å². The summed E-state index contributed by atoms with van der Waals surface area (Å²) in [7, 11) is 0. The predicted molar refractivity (Wildman–Crippen MR) is 129 cm³/mol. The van der Waals surface area contributed by atoms with Gasteiger partial charge in [-0.1, -0.05) is 54.6 Å². The minimum Gasteiger partial charge on any atom is -0.371 e. The zero-order chi connectivity index (χ0) is 22.6. The van der Waals surface area contributed by atoms with Crippen molar-refractivity contribution in [1.29, 1.82) is 0 Å². The van der Waals surface area contributed by atoms with Crippen LogP contribution in [0.3, 0.4) is 0 Å². The highest BCUT2D eigenvalue weighted by molar-refractivity contribution is 5.92. The van der Waals surface area contributed by atoms with Gasteiger partial charge in [0.1, 0.15) is 5.82 Å². The second-order valence-corrected chi connectivity index (χ2v) is 7.73. The number of aliphatic hydroxyl groups is 1. The number of hydrogen-bond acceptors (Lipinski definition) is 6. The van der Waals surface area contributed by atoms with Crippen molar-refractivity contribution in [2.45, 2.75) is 19.3 Å². The van der Waals surface area contributed by atoms with Crippen molar-refractivity contribution in [1.82, 2.24) is 25.3 Å². The van der Waals surface area contributed by atoms with E-state index in [-0.39, 0.29) is 0 Å². The molecule has 5 N–H and O–H groups in total. The summed E-state index contributed by atoms with van der Waals surface area (Å²) in [6, 6.07) is 22.4. The first kappa shape index (κ1) is 21.0. The minimum absolute atomic E-state index is 0.361. The van der Waals surface area contributed by atoms with E-state index in [1.54, 1.807) is 18.6 Å². The van der Waals surface area contributed by atoms with Crippen LogP contribution in [0.1, 0.15) is 23.3 Å². The lowest BCUT2D eigenvalue weighted by atomic mass is 9.96. The number of imidazole rings is 1. The molecule has 0 bridgehead atoms. The lowest BCUT2D eigenvalue weighted by molar-refractivity contribution is 0.128. The third-order valence-electron chi connectivity index (χ3n) is 5.61. The van der Waals surface area contributed by atoms with Crippen molar-refractivity contribution in [2.75, 3.05) is 0 Å². The topological polar surface area (TPSA) is 113 Å². The maximum atomic E-state index is 10.4. The summed E-state index contributed by atoms with van der Waals surface area (Å²) in [5, 5.41) is 14.4. The van der Waals surface area contributed by atoms with Gasteiger partial charge in [-0.3, -0.25) is 10.3 Å². The van der Waals surface area contributed by atoms with Crippen LogP contribution >= 0.6 is 0 Å². The van der Waals surface area contributed by atoms with Gasteiger partial charge >= 0.3 is 0 Å². The number of rotatable bonds is 7. The summed E-state index contributed by atoms with van der Waals surface area (Å²) in [6.45, 7) is 0.864. The summed E-state index contributed by atoms with van der Waals surface area (Å²) >= 11 is 0. The normalized spacial score (nSPS) is 12.2. The molecule has 0 spiro atoms. The number of aromatic amines is 1. The monoisotopic (exact) mass is 436 g/mol. The van der Waals surface area contributed by atoms with Gasteiger partial charge in [-0.25, -0.2) is 9.97 Å². The van der Waals surface area contributed by atoms with Crippen molar-refractivity contribution in [3.05, 3.63) is 102 Å². The molecule has 5 rings (SSSR count). The number of fused-ring (bicyclic) bond motifs is 1. The Kier molecular flexibility index (Phi) is 5.91. The maximum absolute atomic E-state index is 10.4. The largest absolute Gasteiger partial charge is 0.371 e. The van der Waals surface area contributed by atoms with Gasteiger partial charge in [0, 0.05) is 48.2 Å². The number of H-pyrrole nitrogens is 1. The Morgan fingerprint density at radius 3 is 2.48 bits per heavy atom. The molecule has 0 saturated carbocycles. The van der Waals surface area contributed by atoms with Crippen molar-refractivity contribution in [2.24, 2.45) is 5.73 Å². The average Bonchev–Trinajstić information content (AvgIpc) is 3.42. The molecule has 2 aromatic carbocycles. The molecule has 5 aromatic rings.